The lowest BCUT2D eigenvalue weighted by molar-refractivity contribution is 0.189. The molecule has 108 valence electrons. The van der Waals surface area contributed by atoms with Crippen LogP contribution in [0.5, 0.6) is 0 Å². The van der Waals surface area contributed by atoms with Crippen molar-refractivity contribution >= 4 is 10.0 Å². The van der Waals surface area contributed by atoms with Gasteiger partial charge >= 0.3 is 0 Å². The fourth-order valence-electron chi connectivity index (χ4n) is 2.25. The molecule has 1 aromatic carbocycles. The quantitative estimate of drug-likeness (QED) is 0.909. The highest BCUT2D eigenvalue weighted by Gasteiger charge is 2.34. The zero-order chi connectivity index (χ0) is 14.8. The molecule has 0 bridgehead atoms. The van der Waals surface area contributed by atoms with Crippen LogP contribution in [0.2, 0.25) is 0 Å². The van der Waals surface area contributed by atoms with E-state index in [9.17, 15) is 8.42 Å². The molecule has 0 saturated carbocycles. The summed E-state index contributed by atoms with van der Waals surface area (Å²) in [5.41, 5.74) is 1.40. The van der Waals surface area contributed by atoms with E-state index < -0.39 is 15.3 Å². The molecule has 0 aromatic heterocycles. The van der Waals surface area contributed by atoms with Gasteiger partial charge in [0.05, 0.1) is 36.1 Å². The Morgan fingerprint density at radius 1 is 1.35 bits per heavy atom. The van der Waals surface area contributed by atoms with Crippen molar-refractivity contribution < 1.29 is 13.2 Å². The molecule has 0 unspecified atom stereocenters. The fraction of sp³-hybridized carbons (Fsp3) is 0.500. The second kappa shape index (κ2) is 5.92. The summed E-state index contributed by atoms with van der Waals surface area (Å²) in [6, 6.07) is 9.06. The summed E-state index contributed by atoms with van der Waals surface area (Å²) in [5, 5.41) is 8.67. The second-order valence-electron chi connectivity index (χ2n) is 5.16. The first-order chi connectivity index (χ1) is 9.45. The average Bonchev–Trinajstić information content (AvgIpc) is 2.85. The molecule has 20 heavy (non-hydrogen) atoms. The number of hydrogen-bond acceptors (Lipinski definition) is 4. The molecule has 2 rings (SSSR count). The van der Waals surface area contributed by atoms with Gasteiger partial charge in [-0.15, -0.1) is 0 Å². The summed E-state index contributed by atoms with van der Waals surface area (Å²) in [7, 11) is -3.36. The average molecular weight is 294 g/mol. The monoisotopic (exact) mass is 294 g/mol. The van der Waals surface area contributed by atoms with Gasteiger partial charge in [-0.1, -0.05) is 18.2 Å². The lowest BCUT2D eigenvalue weighted by Gasteiger charge is -2.21. The van der Waals surface area contributed by atoms with Crippen molar-refractivity contribution in [2.75, 3.05) is 13.2 Å². The van der Waals surface area contributed by atoms with E-state index in [-0.39, 0.29) is 12.0 Å². The van der Waals surface area contributed by atoms with Gasteiger partial charge < -0.3 is 4.74 Å². The Kier molecular flexibility index (Phi) is 4.43. The van der Waals surface area contributed by atoms with Crippen LogP contribution in [0.15, 0.2) is 24.3 Å². The van der Waals surface area contributed by atoms with Crippen molar-refractivity contribution in [3.8, 4) is 6.07 Å². The van der Waals surface area contributed by atoms with E-state index in [0.29, 0.717) is 18.8 Å². The van der Waals surface area contributed by atoms with Gasteiger partial charge in [0.25, 0.3) is 0 Å². The maximum atomic E-state index is 12.0. The second-order valence-corrected chi connectivity index (χ2v) is 7.43. The molecule has 1 heterocycles. The number of rotatable bonds is 4. The first kappa shape index (κ1) is 15.0. The summed E-state index contributed by atoms with van der Waals surface area (Å²) in [6.45, 7) is 4.02. The maximum absolute atomic E-state index is 12.0. The number of hydrogen-bond donors (Lipinski definition) is 1. The van der Waals surface area contributed by atoms with Gasteiger partial charge in [-0.2, -0.15) is 5.26 Å². The van der Waals surface area contributed by atoms with E-state index in [1.807, 2.05) is 12.1 Å². The van der Waals surface area contributed by atoms with Gasteiger partial charge in [0, 0.05) is 5.92 Å². The predicted molar refractivity (Wildman–Crippen MR) is 75.7 cm³/mol. The number of sulfonamides is 1. The molecular weight excluding hydrogens is 276 g/mol. The Morgan fingerprint density at radius 2 is 2.05 bits per heavy atom. The normalized spacial score (nSPS) is 22.9. The fourth-order valence-corrected chi connectivity index (χ4v) is 3.17. The van der Waals surface area contributed by atoms with E-state index in [2.05, 4.69) is 10.8 Å². The highest BCUT2D eigenvalue weighted by molar-refractivity contribution is 7.90. The van der Waals surface area contributed by atoms with Crippen molar-refractivity contribution in [1.82, 2.24) is 4.72 Å². The van der Waals surface area contributed by atoms with E-state index in [1.54, 1.807) is 26.0 Å². The Morgan fingerprint density at radius 3 is 2.70 bits per heavy atom. The molecule has 1 aliphatic rings. The minimum Gasteiger partial charge on any atom is -0.379 e. The molecule has 1 aliphatic heterocycles. The molecule has 5 nitrogen and oxygen atoms in total. The van der Waals surface area contributed by atoms with E-state index in [4.69, 9.17) is 10.00 Å². The Hall–Kier alpha value is -1.42. The maximum Gasteiger partial charge on any atom is 0.214 e. The minimum atomic E-state index is -3.36. The molecule has 1 fully saturated rings. The number of benzene rings is 1. The lowest BCUT2D eigenvalue weighted by atomic mass is 9.91. The van der Waals surface area contributed by atoms with Crippen molar-refractivity contribution in [1.29, 1.82) is 5.26 Å². The third-order valence-corrected chi connectivity index (χ3v) is 5.37. The molecule has 1 saturated heterocycles. The summed E-state index contributed by atoms with van der Waals surface area (Å²) in [6.07, 6.45) is 0. The number of ether oxygens (including phenoxy) is 1. The van der Waals surface area contributed by atoms with Crippen LogP contribution in [0.4, 0.5) is 0 Å². The molecule has 6 heteroatoms. The highest BCUT2D eigenvalue weighted by atomic mass is 32.2. The SMILES string of the molecule is CC(C)S(=O)(=O)N[C@@H]1COC[C@H]1c1ccccc1C#N. The summed E-state index contributed by atoms with van der Waals surface area (Å²) >= 11 is 0. The number of nitriles is 1. The van der Waals surface area contributed by atoms with Crippen LogP contribution in [-0.2, 0) is 14.8 Å². The van der Waals surface area contributed by atoms with Crippen LogP contribution >= 0.6 is 0 Å². The lowest BCUT2D eigenvalue weighted by Crippen LogP contribution is -2.42. The van der Waals surface area contributed by atoms with Crippen molar-refractivity contribution in [3.63, 3.8) is 0 Å². The molecule has 0 spiro atoms. The standard InChI is InChI=1S/C14H18N2O3S/c1-10(2)20(17,18)16-14-9-19-8-13(14)12-6-4-3-5-11(12)7-15/h3-6,10,13-14,16H,8-9H2,1-2H3/t13-,14+/m0/s1. The third kappa shape index (κ3) is 3.01. The molecule has 0 amide bonds. The minimum absolute atomic E-state index is 0.126. The first-order valence-electron chi connectivity index (χ1n) is 6.53. The van der Waals surface area contributed by atoms with Crippen LogP contribution < -0.4 is 4.72 Å². The largest absolute Gasteiger partial charge is 0.379 e. The zero-order valence-electron chi connectivity index (χ0n) is 11.5. The van der Waals surface area contributed by atoms with Crippen LogP contribution in [0.3, 0.4) is 0 Å². The van der Waals surface area contributed by atoms with Crippen LogP contribution in [0.25, 0.3) is 0 Å². The molecule has 0 aliphatic carbocycles. The van der Waals surface area contributed by atoms with E-state index >= 15 is 0 Å². The van der Waals surface area contributed by atoms with Crippen molar-refractivity contribution in [3.05, 3.63) is 35.4 Å². The van der Waals surface area contributed by atoms with Gasteiger partial charge in [0.2, 0.25) is 10.0 Å². The number of nitrogens with zero attached hydrogens (tertiary/aromatic N) is 1. The molecule has 2 atom stereocenters. The molecule has 1 N–H and O–H groups in total. The van der Waals surface area contributed by atoms with Crippen molar-refractivity contribution in [2.24, 2.45) is 0 Å². The van der Waals surface area contributed by atoms with Crippen molar-refractivity contribution in [2.45, 2.75) is 31.1 Å². The molecular formula is C14H18N2O3S. The van der Waals surface area contributed by atoms with E-state index in [0.717, 1.165) is 5.56 Å². The smallest absolute Gasteiger partial charge is 0.214 e. The van der Waals surface area contributed by atoms with Crippen LogP contribution in [0, 0.1) is 11.3 Å². The Balaban J connectivity index is 2.26. The number of nitrogens with one attached hydrogen (secondary N) is 1. The molecule has 0 radical (unpaired) electrons. The first-order valence-corrected chi connectivity index (χ1v) is 8.08. The van der Waals surface area contributed by atoms with Gasteiger partial charge in [-0.05, 0) is 25.5 Å². The third-order valence-electron chi connectivity index (χ3n) is 3.50. The van der Waals surface area contributed by atoms with Gasteiger partial charge in [-0.3, -0.25) is 0 Å². The summed E-state index contributed by atoms with van der Waals surface area (Å²) < 4.78 is 32.1. The predicted octanol–water partition coefficient (Wildman–Crippen LogP) is 1.37. The topological polar surface area (TPSA) is 79.2 Å². The Labute approximate surface area is 119 Å². The van der Waals surface area contributed by atoms with Gasteiger partial charge in [0.1, 0.15) is 0 Å². The zero-order valence-corrected chi connectivity index (χ0v) is 12.4. The van der Waals surface area contributed by atoms with Crippen LogP contribution in [0.1, 0.15) is 30.9 Å². The summed E-state index contributed by atoms with van der Waals surface area (Å²) in [4.78, 5) is 0. The van der Waals surface area contributed by atoms with Crippen LogP contribution in [-0.4, -0.2) is 32.9 Å². The van der Waals surface area contributed by atoms with E-state index in [1.165, 1.54) is 0 Å². The molecule has 1 aromatic rings. The van der Waals surface area contributed by atoms with Gasteiger partial charge in [-0.25, -0.2) is 13.1 Å². The van der Waals surface area contributed by atoms with Gasteiger partial charge in [0.15, 0.2) is 0 Å². The highest BCUT2D eigenvalue weighted by Crippen LogP contribution is 2.28. The Bertz CT molecular complexity index is 620. The summed E-state index contributed by atoms with van der Waals surface area (Å²) in [5.74, 6) is -0.126.